The Kier molecular flexibility index (Phi) is 4.60. The van der Waals surface area contributed by atoms with Crippen LogP contribution in [0.3, 0.4) is 0 Å². The highest BCUT2D eigenvalue weighted by molar-refractivity contribution is 5.42. The van der Waals surface area contributed by atoms with Crippen LogP contribution in [0.2, 0.25) is 0 Å². The van der Waals surface area contributed by atoms with Crippen molar-refractivity contribution in [1.29, 1.82) is 0 Å². The third-order valence-electron chi connectivity index (χ3n) is 2.79. The van der Waals surface area contributed by atoms with Crippen molar-refractivity contribution in [2.45, 2.75) is 0 Å². The summed E-state index contributed by atoms with van der Waals surface area (Å²) in [6.07, 6.45) is 0. The van der Waals surface area contributed by atoms with Gasteiger partial charge in [0.25, 0.3) is 0 Å². The first-order valence-electron chi connectivity index (χ1n) is 5.85. The van der Waals surface area contributed by atoms with E-state index >= 15 is 0 Å². The molecule has 5 nitrogen and oxygen atoms in total. The summed E-state index contributed by atoms with van der Waals surface area (Å²) in [6, 6.07) is 3.92. The number of hydrogen-bond acceptors (Lipinski definition) is 5. The van der Waals surface area contributed by atoms with Crippen LogP contribution in [0.25, 0.3) is 0 Å². The maximum atomic E-state index is 13.4. The zero-order chi connectivity index (χ0) is 12.8. The molecule has 18 heavy (non-hydrogen) atoms. The molecule has 0 radical (unpaired) electrons. The predicted molar refractivity (Wildman–Crippen MR) is 64.6 cm³/mol. The number of rotatable bonds is 5. The van der Waals surface area contributed by atoms with Crippen molar-refractivity contribution in [2.24, 2.45) is 5.18 Å². The van der Waals surface area contributed by atoms with Gasteiger partial charge in [0.15, 0.2) is 11.6 Å². The first-order chi connectivity index (χ1) is 8.79. The summed E-state index contributed by atoms with van der Waals surface area (Å²) in [5.74, 6) is -0.412. The lowest BCUT2D eigenvalue weighted by molar-refractivity contribution is 0.0320. The fourth-order valence-electron chi connectivity index (χ4n) is 1.77. The maximum absolute atomic E-state index is 13.4. The Balaban J connectivity index is 1.80. The molecule has 1 aliphatic rings. The maximum Gasteiger partial charge on any atom is 0.167 e. The number of benzene rings is 1. The number of morpholine rings is 1. The third-order valence-corrected chi connectivity index (χ3v) is 2.79. The normalized spacial score (nSPS) is 16.5. The average Bonchev–Trinajstić information content (AvgIpc) is 2.42. The number of hydrogen-bond donors (Lipinski definition) is 0. The van der Waals surface area contributed by atoms with Gasteiger partial charge < -0.3 is 9.47 Å². The van der Waals surface area contributed by atoms with Crippen molar-refractivity contribution in [3.8, 4) is 5.75 Å². The molecule has 2 rings (SSSR count). The first-order valence-corrected chi connectivity index (χ1v) is 5.85. The van der Waals surface area contributed by atoms with Crippen LogP contribution in [0.15, 0.2) is 23.4 Å². The Hall–Kier alpha value is -1.53. The highest BCUT2D eigenvalue weighted by Crippen LogP contribution is 2.22. The molecule has 1 aliphatic heterocycles. The van der Waals surface area contributed by atoms with Crippen molar-refractivity contribution in [1.82, 2.24) is 4.90 Å². The van der Waals surface area contributed by atoms with E-state index in [9.17, 15) is 9.30 Å². The van der Waals surface area contributed by atoms with Gasteiger partial charge in [0.1, 0.15) is 12.3 Å². The molecule has 1 heterocycles. The summed E-state index contributed by atoms with van der Waals surface area (Å²) in [6.45, 7) is 4.35. The molecule has 0 N–H and O–H groups in total. The molecule has 98 valence electrons. The van der Waals surface area contributed by atoms with E-state index < -0.39 is 5.82 Å². The van der Waals surface area contributed by atoms with Gasteiger partial charge in [-0.05, 0) is 17.3 Å². The minimum Gasteiger partial charge on any atom is -0.489 e. The second-order valence-corrected chi connectivity index (χ2v) is 4.01. The molecular weight excluding hydrogens is 239 g/mol. The van der Waals surface area contributed by atoms with Crippen LogP contribution in [0, 0.1) is 10.7 Å². The lowest BCUT2D eigenvalue weighted by atomic mass is 10.3. The van der Waals surface area contributed by atoms with E-state index in [0.717, 1.165) is 38.9 Å². The van der Waals surface area contributed by atoms with E-state index in [2.05, 4.69) is 10.1 Å². The summed E-state index contributed by atoms with van der Waals surface area (Å²) in [4.78, 5) is 12.4. The van der Waals surface area contributed by atoms with Gasteiger partial charge in [0.2, 0.25) is 0 Å². The van der Waals surface area contributed by atoms with Gasteiger partial charge in [-0.2, -0.15) is 0 Å². The Morgan fingerprint density at radius 2 is 2.17 bits per heavy atom. The molecule has 0 aliphatic carbocycles. The molecule has 1 aromatic rings. The summed E-state index contributed by atoms with van der Waals surface area (Å²) in [5, 5.41) is 2.66. The van der Waals surface area contributed by atoms with Gasteiger partial charge in [0.05, 0.1) is 13.2 Å². The zero-order valence-electron chi connectivity index (χ0n) is 9.97. The number of nitrogens with zero attached hydrogens (tertiary/aromatic N) is 2. The van der Waals surface area contributed by atoms with Gasteiger partial charge in [-0.1, -0.05) is 0 Å². The van der Waals surface area contributed by atoms with E-state index in [0.29, 0.717) is 6.61 Å². The Morgan fingerprint density at radius 3 is 2.83 bits per heavy atom. The van der Waals surface area contributed by atoms with E-state index in [1.165, 1.54) is 12.1 Å². The Labute approximate surface area is 104 Å². The molecular formula is C12H15FN2O3. The van der Waals surface area contributed by atoms with Crippen LogP contribution in [-0.2, 0) is 4.74 Å². The van der Waals surface area contributed by atoms with Gasteiger partial charge in [-0.3, -0.25) is 4.90 Å². The van der Waals surface area contributed by atoms with Crippen LogP contribution < -0.4 is 4.74 Å². The fraction of sp³-hybridized carbons (Fsp3) is 0.500. The monoisotopic (exact) mass is 254 g/mol. The van der Waals surface area contributed by atoms with Crippen molar-refractivity contribution < 1.29 is 13.9 Å². The molecule has 0 spiro atoms. The highest BCUT2D eigenvalue weighted by atomic mass is 19.1. The lowest BCUT2D eigenvalue weighted by Gasteiger charge is -2.26. The summed E-state index contributed by atoms with van der Waals surface area (Å²) in [5.41, 5.74) is 0.0630. The molecule has 0 saturated carbocycles. The minimum atomic E-state index is -0.561. The topological polar surface area (TPSA) is 51.1 Å². The molecule has 1 fully saturated rings. The smallest absolute Gasteiger partial charge is 0.167 e. The van der Waals surface area contributed by atoms with Crippen LogP contribution in [0.4, 0.5) is 10.1 Å². The van der Waals surface area contributed by atoms with Crippen molar-refractivity contribution >= 4 is 5.69 Å². The third kappa shape index (κ3) is 3.48. The van der Waals surface area contributed by atoms with E-state index in [1.54, 1.807) is 0 Å². The second-order valence-electron chi connectivity index (χ2n) is 4.01. The molecule has 0 atom stereocenters. The molecule has 0 aromatic heterocycles. The number of ether oxygens (including phenoxy) is 2. The predicted octanol–water partition coefficient (Wildman–Crippen LogP) is 1.93. The van der Waals surface area contributed by atoms with Crippen molar-refractivity contribution in [3.63, 3.8) is 0 Å². The van der Waals surface area contributed by atoms with Crippen LogP contribution in [-0.4, -0.2) is 44.4 Å². The fourth-order valence-corrected chi connectivity index (χ4v) is 1.77. The van der Waals surface area contributed by atoms with Crippen LogP contribution in [0.5, 0.6) is 5.75 Å². The van der Waals surface area contributed by atoms with Gasteiger partial charge in [-0.15, -0.1) is 4.91 Å². The molecule has 0 unspecified atom stereocenters. The van der Waals surface area contributed by atoms with E-state index in [-0.39, 0.29) is 11.4 Å². The number of nitroso groups, excluding NO2 is 1. The largest absolute Gasteiger partial charge is 0.489 e. The molecule has 6 heteroatoms. The van der Waals surface area contributed by atoms with E-state index in [1.807, 2.05) is 0 Å². The molecule has 0 amide bonds. The quantitative estimate of drug-likeness (QED) is 0.753. The standard InChI is InChI=1S/C12H15FN2O3/c13-11-9-10(14-16)1-2-12(11)18-8-5-15-3-6-17-7-4-15/h1-2,9H,3-8H2. The van der Waals surface area contributed by atoms with Gasteiger partial charge >= 0.3 is 0 Å². The number of halogens is 1. The molecule has 0 bridgehead atoms. The van der Waals surface area contributed by atoms with Crippen molar-refractivity contribution in [2.75, 3.05) is 39.5 Å². The first kappa shape index (κ1) is 12.9. The Bertz CT molecular complexity index is 408. The zero-order valence-corrected chi connectivity index (χ0v) is 9.97. The van der Waals surface area contributed by atoms with Crippen LogP contribution in [0.1, 0.15) is 0 Å². The minimum absolute atomic E-state index is 0.0630. The average molecular weight is 254 g/mol. The Morgan fingerprint density at radius 1 is 1.39 bits per heavy atom. The summed E-state index contributed by atoms with van der Waals surface area (Å²) in [7, 11) is 0. The second kappa shape index (κ2) is 6.42. The van der Waals surface area contributed by atoms with Crippen molar-refractivity contribution in [3.05, 3.63) is 28.9 Å². The molecule has 1 aromatic carbocycles. The summed E-state index contributed by atoms with van der Waals surface area (Å²) >= 11 is 0. The van der Waals surface area contributed by atoms with Gasteiger partial charge in [-0.25, -0.2) is 4.39 Å². The van der Waals surface area contributed by atoms with Gasteiger partial charge in [0, 0.05) is 25.7 Å². The lowest BCUT2D eigenvalue weighted by Crippen LogP contribution is -2.38. The molecule has 1 saturated heterocycles. The summed E-state index contributed by atoms with van der Waals surface area (Å²) < 4.78 is 24.0. The highest BCUT2D eigenvalue weighted by Gasteiger charge is 2.10. The van der Waals surface area contributed by atoms with Crippen LogP contribution >= 0.6 is 0 Å². The SMILES string of the molecule is O=Nc1ccc(OCCN2CCOCC2)c(F)c1. The van der Waals surface area contributed by atoms with E-state index in [4.69, 9.17) is 9.47 Å².